The van der Waals surface area contributed by atoms with Crippen LogP contribution in [0, 0.1) is 12.8 Å². The van der Waals surface area contributed by atoms with Gasteiger partial charge < -0.3 is 11.1 Å². The highest BCUT2D eigenvalue weighted by molar-refractivity contribution is 5.92. The highest BCUT2D eigenvalue weighted by Gasteiger charge is 2.17. The fourth-order valence-electron chi connectivity index (χ4n) is 1.72. The summed E-state index contributed by atoms with van der Waals surface area (Å²) in [6.07, 6.45) is 5.19. The highest BCUT2D eigenvalue weighted by Crippen LogP contribution is 2.13. The zero-order valence-corrected chi connectivity index (χ0v) is 11.9. The lowest BCUT2D eigenvalue weighted by Gasteiger charge is -2.15. The van der Waals surface area contributed by atoms with E-state index in [-0.39, 0.29) is 17.9 Å². The second-order valence-corrected chi connectivity index (χ2v) is 4.89. The number of aromatic nitrogens is 3. The number of anilines is 1. The van der Waals surface area contributed by atoms with Crippen LogP contribution in [0.5, 0.6) is 0 Å². The van der Waals surface area contributed by atoms with Gasteiger partial charge in [0.2, 0.25) is 5.91 Å². The molecule has 2 aromatic heterocycles. The fraction of sp³-hybridized carbons (Fsp3) is 0.357. The summed E-state index contributed by atoms with van der Waals surface area (Å²) < 4.78 is 1.87. The molecule has 2 unspecified atom stereocenters. The largest absolute Gasteiger partial charge is 0.327 e. The van der Waals surface area contributed by atoms with E-state index in [2.05, 4.69) is 15.3 Å². The Morgan fingerprint density at radius 3 is 2.60 bits per heavy atom. The molecule has 0 aliphatic carbocycles. The third-order valence-corrected chi connectivity index (χ3v) is 3.29. The molecule has 2 rings (SSSR count). The van der Waals surface area contributed by atoms with Crippen molar-refractivity contribution >= 4 is 11.6 Å². The minimum absolute atomic E-state index is 0.103. The fourth-order valence-corrected chi connectivity index (χ4v) is 1.72. The topological polar surface area (TPSA) is 85.8 Å². The lowest BCUT2D eigenvalue weighted by molar-refractivity contribution is -0.119. The lowest BCUT2D eigenvalue weighted by atomic mass is 10.0. The van der Waals surface area contributed by atoms with Gasteiger partial charge in [0, 0.05) is 18.4 Å². The first-order valence-corrected chi connectivity index (χ1v) is 6.52. The first kappa shape index (κ1) is 14.2. The van der Waals surface area contributed by atoms with Crippen molar-refractivity contribution in [1.82, 2.24) is 14.5 Å². The summed E-state index contributed by atoms with van der Waals surface area (Å²) in [6, 6.07) is 3.46. The number of hydrogen-bond acceptors (Lipinski definition) is 4. The van der Waals surface area contributed by atoms with Crippen LogP contribution in [0.4, 0.5) is 5.69 Å². The van der Waals surface area contributed by atoms with Crippen molar-refractivity contribution in [2.45, 2.75) is 26.8 Å². The predicted molar refractivity (Wildman–Crippen MR) is 77.5 cm³/mol. The van der Waals surface area contributed by atoms with E-state index in [9.17, 15) is 4.79 Å². The van der Waals surface area contributed by atoms with Gasteiger partial charge in [-0.1, -0.05) is 6.92 Å². The standard InChI is InChI=1S/C14H19N5O/c1-9(10(2)15)14(20)18-12-4-5-13(17-8-12)19-7-6-16-11(19)3/h4-10H,15H2,1-3H3,(H,18,20). The normalized spacial score (nSPS) is 13.8. The summed E-state index contributed by atoms with van der Waals surface area (Å²) in [5, 5.41) is 2.80. The molecule has 20 heavy (non-hydrogen) atoms. The van der Waals surface area contributed by atoms with E-state index >= 15 is 0 Å². The second-order valence-electron chi connectivity index (χ2n) is 4.89. The van der Waals surface area contributed by atoms with Gasteiger partial charge in [-0.2, -0.15) is 0 Å². The third-order valence-electron chi connectivity index (χ3n) is 3.29. The van der Waals surface area contributed by atoms with Crippen molar-refractivity contribution in [2.75, 3.05) is 5.32 Å². The zero-order valence-electron chi connectivity index (χ0n) is 11.9. The maximum absolute atomic E-state index is 11.9. The van der Waals surface area contributed by atoms with Gasteiger partial charge in [0.05, 0.1) is 17.8 Å². The summed E-state index contributed by atoms with van der Waals surface area (Å²) in [4.78, 5) is 20.3. The van der Waals surface area contributed by atoms with Crippen LogP contribution in [0.25, 0.3) is 5.82 Å². The summed E-state index contributed by atoms with van der Waals surface area (Å²) in [7, 11) is 0. The first-order valence-electron chi connectivity index (χ1n) is 6.52. The van der Waals surface area contributed by atoms with E-state index in [0.29, 0.717) is 5.69 Å². The number of imidazole rings is 1. The number of pyridine rings is 1. The molecule has 0 saturated carbocycles. The van der Waals surface area contributed by atoms with Crippen LogP contribution >= 0.6 is 0 Å². The molecule has 0 aliphatic heterocycles. The van der Waals surface area contributed by atoms with Crippen LogP contribution in [0.2, 0.25) is 0 Å². The van der Waals surface area contributed by atoms with Gasteiger partial charge >= 0.3 is 0 Å². The van der Waals surface area contributed by atoms with Crippen molar-refractivity contribution in [1.29, 1.82) is 0 Å². The molecule has 0 radical (unpaired) electrons. The molecule has 2 heterocycles. The molecular formula is C14H19N5O. The Kier molecular flexibility index (Phi) is 4.14. The van der Waals surface area contributed by atoms with Gasteiger partial charge in [-0.15, -0.1) is 0 Å². The van der Waals surface area contributed by atoms with Gasteiger partial charge in [0.15, 0.2) is 0 Å². The summed E-state index contributed by atoms with van der Waals surface area (Å²) in [6.45, 7) is 5.52. The number of nitrogens with two attached hydrogens (primary N) is 1. The molecule has 6 heteroatoms. The van der Waals surface area contributed by atoms with Crippen molar-refractivity contribution < 1.29 is 4.79 Å². The van der Waals surface area contributed by atoms with E-state index < -0.39 is 0 Å². The van der Waals surface area contributed by atoms with Crippen molar-refractivity contribution in [3.05, 3.63) is 36.5 Å². The van der Waals surface area contributed by atoms with Crippen LogP contribution in [0.15, 0.2) is 30.7 Å². The number of aryl methyl sites for hydroxylation is 1. The smallest absolute Gasteiger partial charge is 0.228 e. The SMILES string of the molecule is Cc1nccn1-c1ccc(NC(=O)C(C)C(C)N)cn1. The molecule has 0 saturated heterocycles. The van der Waals surface area contributed by atoms with E-state index in [1.807, 2.05) is 36.7 Å². The van der Waals surface area contributed by atoms with Gasteiger partial charge in [-0.25, -0.2) is 9.97 Å². The second kappa shape index (κ2) is 5.83. The number of hydrogen-bond donors (Lipinski definition) is 2. The summed E-state index contributed by atoms with van der Waals surface area (Å²) in [5.74, 6) is 1.28. The minimum atomic E-state index is -0.245. The minimum Gasteiger partial charge on any atom is -0.327 e. The van der Waals surface area contributed by atoms with Crippen LogP contribution in [0.3, 0.4) is 0 Å². The van der Waals surface area contributed by atoms with Crippen LogP contribution in [0.1, 0.15) is 19.7 Å². The lowest BCUT2D eigenvalue weighted by Crippen LogP contribution is -2.34. The number of amides is 1. The number of rotatable bonds is 4. The Hall–Kier alpha value is -2.21. The summed E-state index contributed by atoms with van der Waals surface area (Å²) >= 11 is 0. The molecule has 0 bridgehead atoms. The van der Waals surface area contributed by atoms with Gasteiger partial charge in [-0.05, 0) is 26.0 Å². The van der Waals surface area contributed by atoms with E-state index in [4.69, 9.17) is 5.73 Å². The Morgan fingerprint density at radius 2 is 2.10 bits per heavy atom. The van der Waals surface area contributed by atoms with Crippen LogP contribution in [-0.2, 0) is 4.79 Å². The van der Waals surface area contributed by atoms with Crippen LogP contribution in [-0.4, -0.2) is 26.5 Å². The first-order chi connectivity index (χ1) is 9.49. The average molecular weight is 273 g/mol. The molecule has 2 atom stereocenters. The van der Waals surface area contributed by atoms with E-state index in [1.54, 1.807) is 19.3 Å². The van der Waals surface area contributed by atoms with Crippen molar-refractivity contribution in [3.8, 4) is 5.82 Å². The Bertz CT molecular complexity index is 588. The molecule has 106 valence electrons. The molecule has 1 amide bonds. The van der Waals surface area contributed by atoms with Crippen molar-refractivity contribution in [2.24, 2.45) is 11.7 Å². The molecule has 0 spiro atoms. The van der Waals surface area contributed by atoms with Crippen LogP contribution < -0.4 is 11.1 Å². The number of carbonyl (C=O) groups is 1. The molecule has 6 nitrogen and oxygen atoms in total. The Labute approximate surface area is 118 Å². The maximum Gasteiger partial charge on any atom is 0.228 e. The van der Waals surface area contributed by atoms with Gasteiger partial charge in [0.25, 0.3) is 0 Å². The number of nitrogens with one attached hydrogen (secondary N) is 1. The third kappa shape index (κ3) is 3.03. The molecule has 3 N–H and O–H groups in total. The molecule has 0 aliphatic rings. The molecule has 0 aromatic carbocycles. The number of carbonyl (C=O) groups excluding carboxylic acids is 1. The molecular weight excluding hydrogens is 254 g/mol. The quantitative estimate of drug-likeness (QED) is 0.884. The maximum atomic E-state index is 11.9. The predicted octanol–water partition coefficient (Wildman–Crippen LogP) is 1.50. The highest BCUT2D eigenvalue weighted by atomic mass is 16.1. The Balaban J connectivity index is 2.10. The average Bonchev–Trinajstić information content (AvgIpc) is 2.85. The monoisotopic (exact) mass is 273 g/mol. The zero-order chi connectivity index (χ0) is 14.7. The van der Waals surface area contributed by atoms with Gasteiger partial charge in [0.1, 0.15) is 11.6 Å². The van der Waals surface area contributed by atoms with Gasteiger partial charge in [-0.3, -0.25) is 9.36 Å². The summed E-state index contributed by atoms with van der Waals surface area (Å²) in [5.41, 5.74) is 6.37. The van der Waals surface area contributed by atoms with E-state index in [0.717, 1.165) is 11.6 Å². The Morgan fingerprint density at radius 1 is 1.35 bits per heavy atom. The number of nitrogens with zero attached hydrogens (tertiary/aromatic N) is 3. The van der Waals surface area contributed by atoms with E-state index in [1.165, 1.54) is 0 Å². The molecule has 0 fully saturated rings. The van der Waals surface area contributed by atoms with Crippen molar-refractivity contribution in [3.63, 3.8) is 0 Å². The molecule has 2 aromatic rings.